The molecule has 2 N–H and O–H groups in total. The Morgan fingerprint density at radius 1 is 1.28 bits per heavy atom. The minimum Gasteiger partial charge on any atom is -0.340 e. The molecule has 1 unspecified atom stereocenters. The van der Waals surface area contributed by atoms with Crippen molar-refractivity contribution < 1.29 is 4.79 Å². The summed E-state index contributed by atoms with van der Waals surface area (Å²) in [6.45, 7) is 8.27. The Hall–Kier alpha value is -0.570. The van der Waals surface area contributed by atoms with Gasteiger partial charge in [-0.15, -0.1) is 0 Å². The van der Waals surface area contributed by atoms with Crippen molar-refractivity contribution in [3.63, 3.8) is 0 Å². The van der Waals surface area contributed by atoms with Crippen LogP contribution in [0.1, 0.15) is 65.7 Å². The van der Waals surface area contributed by atoms with E-state index in [0.29, 0.717) is 24.9 Å². The third-order valence-corrected chi connectivity index (χ3v) is 4.21. The number of carbonyl (C=O) groups excluding carboxylic acids is 1. The van der Waals surface area contributed by atoms with Crippen molar-refractivity contribution in [1.29, 1.82) is 0 Å². The third-order valence-electron chi connectivity index (χ3n) is 4.21. The van der Waals surface area contributed by atoms with Gasteiger partial charge in [0.25, 0.3) is 0 Å². The largest absolute Gasteiger partial charge is 0.340 e. The van der Waals surface area contributed by atoms with Crippen LogP contribution in [0.3, 0.4) is 0 Å². The quantitative estimate of drug-likeness (QED) is 0.820. The molecule has 18 heavy (non-hydrogen) atoms. The minimum absolute atomic E-state index is 0.194. The van der Waals surface area contributed by atoms with Crippen LogP contribution in [0.15, 0.2) is 0 Å². The molecule has 1 rings (SSSR count). The Balaban J connectivity index is 2.43. The van der Waals surface area contributed by atoms with Crippen LogP contribution < -0.4 is 5.73 Å². The van der Waals surface area contributed by atoms with Crippen molar-refractivity contribution in [3.05, 3.63) is 0 Å². The van der Waals surface area contributed by atoms with E-state index in [0.717, 1.165) is 25.8 Å². The summed E-state index contributed by atoms with van der Waals surface area (Å²) in [5.74, 6) is 0.342. The molecule has 0 aromatic heterocycles. The molecule has 0 bridgehead atoms. The van der Waals surface area contributed by atoms with E-state index in [1.54, 1.807) is 0 Å². The summed E-state index contributed by atoms with van der Waals surface area (Å²) in [5.41, 5.74) is 5.81. The molecule has 1 heterocycles. The number of hydrogen-bond donors (Lipinski definition) is 1. The molecule has 0 spiro atoms. The minimum atomic E-state index is 0.194. The van der Waals surface area contributed by atoms with Gasteiger partial charge in [0, 0.05) is 19.0 Å². The number of rotatable bonds is 5. The molecule has 0 aromatic rings. The topological polar surface area (TPSA) is 46.3 Å². The van der Waals surface area contributed by atoms with E-state index < -0.39 is 0 Å². The monoisotopic (exact) mass is 254 g/mol. The van der Waals surface area contributed by atoms with E-state index in [4.69, 9.17) is 5.73 Å². The second-order valence-corrected chi connectivity index (χ2v) is 6.49. The number of carbonyl (C=O) groups is 1. The van der Waals surface area contributed by atoms with Gasteiger partial charge in [0.1, 0.15) is 0 Å². The molecular weight excluding hydrogens is 224 g/mol. The van der Waals surface area contributed by atoms with E-state index in [1.165, 1.54) is 19.3 Å². The molecule has 1 aliphatic heterocycles. The van der Waals surface area contributed by atoms with Gasteiger partial charge in [-0.05, 0) is 44.6 Å². The van der Waals surface area contributed by atoms with Crippen LogP contribution in [-0.2, 0) is 4.79 Å². The smallest absolute Gasteiger partial charge is 0.222 e. The number of nitrogens with two attached hydrogens (primary N) is 1. The van der Waals surface area contributed by atoms with E-state index >= 15 is 0 Å². The fourth-order valence-electron chi connectivity index (χ4n) is 2.75. The molecule has 1 amide bonds. The highest BCUT2D eigenvalue weighted by molar-refractivity contribution is 5.76. The highest BCUT2D eigenvalue weighted by atomic mass is 16.2. The molecule has 1 fully saturated rings. The average molecular weight is 254 g/mol. The molecule has 0 aromatic carbocycles. The zero-order valence-electron chi connectivity index (χ0n) is 12.4. The molecular formula is C15H30N2O. The molecule has 1 saturated heterocycles. The first-order valence-corrected chi connectivity index (χ1v) is 7.46. The fourth-order valence-corrected chi connectivity index (χ4v) is 2.75. The summed E-state index contributed by atoms with van der Waals surface area (Å²) in [7, 11) is 0. The Kier molecular flexibility index (Phi) is 6.13. The lowest BCUT2D eigenvalue weighted by Gasteiger charge is -2.29. The zero-order chi connectivity index (χ0) is 13.6. The lowest BCUT2D eigenvalue weighted by Crippen LogP contribution is -2.38. The van der Waals surface area contributed by atoms with Crippen molar-refractivity contribution in [2.45, 2.75) is 71.8 Å². The van der Waals surface area contributed by atoms with Gasteiger partial charge in [0.15, 0.2) is 0 Å². The second-order valence-electron chi connectivity index (χ2n) is 6.49. The predicted molar refractivity (Wildman–Crippen MR) is 76.3 cm³/mol. The second kappa shape index (κ2) is 7.13. The van der Waals surface area contributed by atoms with Gasteiger partial charge in [0.05, 0.1) is 0 Å². The van der Waals surface area contributed by atoms with Gasteiger partial charge < -0.3 is 10.6 Å². The van der Waals surface area contributed by atoms with Gasteiger partial charge in [-0.2, -0.15) is 0 Å². The first kappa shape index (κ1) is 15.5. The summed E-state index contributed by atoms with van der Waals surface area (Å²) < 4.78 is 0. The van der Waals surface area contributed by atoms with Crippen LogP contribution in [0.4, 0.5) is 0 Å². The summed E-state index contributed by atoms with van der Waals surface area (Å²) in [4.78, 5) is 14.4. The summed E-state index contributed by atoms with van der Waals surface area (Å²) in [6.07, 6.45) is 7.50. The van der Waals surface area contributed by atoms with Gasteiger partial charge in [-0.1, -0.05) is 26.7 Å². The first-order chi connectivity index (χ1) is 8.46. The number of likely N-dealkylation sites (tertiary alicyclic amines) is 1. The molecule has 3 nitrogen and oxygen atoms in total. The van der Waals surface area contributed by atoms with Gasteiger partial charge in [-0.3, -0.25) is 4.79 Å². The SMILES string of the molecule is CC1CCCCCN1C(=O)CCC(C)(C)CCN. The van der Waals surface area contributed by atoms with Crippen molar-refractivity contribution in [1.82, 2.24) is 4.90 Å². The van der Waals surface area contributed by atoms with Crippen LogP contribution in [0, 0.1) is 5.41 Å². The standard InChI is InChI=1S/C15H30N2O/c1-13-7-5-4-6-12-17(13)14(18)8-9-15(2,3)10-11-16/h13H,4-12,16H2,1-3H3. The van der Waals surface area contributed by atoms with Crippen molar-refractivity contribution in [2.24, 2.45) is 11.1 Å². The van der Waals surface area contributed by atoms with Crippen molar-refractivity contribution in [2.75, 3.05) is 13.1 Å². The van der Waals surface area contributed by atoms with Crippen molar-refractivity contribution in [3.8, 4) is 0 Å². The van der Waals surface area contributed by atoms with Crippen LogP contribution in [-0.4, -0.2) is 29.9 Å². The van der Waals surface area contributed by atoms with E-state index in [-0.39, 0.29) is 5.41 Å². The van der Waals surface area contributed by atoms with E-state index in [9.17, 15) is 4.79 Å². The fraction of sp³-hybridized carbons (Fsp3) is 0.933. The van der Waals surface area contributed by atoms with Gasteiger partial charge in [0.2, 0.25) is 5.91 Å². The van der Waals surface area contributed by atoms with Crippen LogP contribution in [0.2, 0.25) is 0 Å². The van der Waals surface area contributed by atoms with Gasteiger partial charge >= 0.3 is 0 Å². The van der Waals surface area contributed by atoms with E-state index in [2.05, 4.69) is 25.7 Å². The molecule has 1 atom stereocenters. The highest BCUT2D eigenvalue weighted by Gasteiger charge is 2.24. The Morgan fingerprint density at radius 3 is 2.67 bits per heavy atom. The first-order valence-electron chi connectivity index (χ1n) is 7.46. The third kappa shape index (κ3) is 4.97. The van der Waals surface area contributed by atoms with E-state index in [1.807, 2.05) is 0 Å². The molecule has 0 saturated carbocycles. The molecule has 3 heteroatoms. The zero-order valence-corrected chi connectivity index (χ0v) is 12.4. The molecule has 1 aliphatic rings. The number of amides is 1. The van der Waals surface area contributed by atoms with Crippen molar-refractivity contribution >= 4 is 5.91 Å². The van der Waals surface area contributed by atoms with Crippen LogP contribution >= 0.6 is 0 Å². The Bertz CT molecular complexity index is 263. The maximum absolute atomic E-state index is 12.3. The number of nitrogens with zero attached hydrogens (tertiary/aromatic N) is 1. The Morgan fingerprint density at radius 2 is 2.00 bits per heavy atom. The van der Waals surface area contributed by atoms with Gasteiger partial charge in [-0.25, -0.2) is 0 Å². The normalized spacial score (nSPS) is 21.8. The number of hydrogen-bond acceptors (Lipinski definition) is 2. The molecule has 0 aliphatic carbocycles. The molecule has 106 valence electrons. The average Bonchev–Trinajstić information content (AvgIpc) is 2.51. The highest BCUT2D eigenvalue weighted by Crippen LogP contribution is 2.27. The Labute approximate surface area is 112 Å². The summed E-state index contributed by atoms with van der Waals surface area (Å²) in [6, 6.07) is 0.428. The predicted octanol–water partition coefficient (Wildman–Crippen LogP) is 2.93. The lowest BCUT2D eigenvalue weighted by atomic mass is 9.84. The summed E-state index contributed by atoms with van der Waals surface area (Å²) in [5, 5.41) is 0. The summed E-state index contributed by atoms with van der Waals surface area (Å²) >= 11 is 0. The maximum atomic E-state index is 12.3. The lowest BCUT2D eigenvalue weighted by molar-refractivity contribution is -0.133. The van der Waals surface area contributed by atoms with Crippen LogP contribution in [0.5, 0.6) is 0 Å². The maximum Gasteiger partial charge on any atom is 0.222 e. The molecule has 0 radical (unpaired) electrons. The van der Waals surface area contributed by atoms with Crippen LogP contribution in [0.25, 0.3) is 0 Å².